The molecule has 0 heterocycles. The minimum Gasteiger partial charge on any atom is -0.495 e. The predicted octanol–water partition coefficient (Wildman–Crippen LogP) is 3.33. The Morgan fingerprint density at radius 1 is 0.935 bits per heavy atom. The number of ketones is 1. The van der Waals surface area contributed by atoms with Crippen LogP contribution >= 0.6 is 12.4 Å². The Labute approximate surface area is 187 Å². The molecule has 9 heteroatoms. The molecule has 0 aliphatic rings. The first-order valence-corrected chi connectivity index (χ1v) is 9.09. The molecule has 0 saturated heterocycles. The number of ether oxygens (including phenoxy) is 4. The first-order chi connectivity index (χ1) is 14.4. The smallest absolute Gasteiger partial charge is 0.238 e. The summed E-state index contributed by atoms with van der Waals surface area (Å²) in [7, 11) is 5.98. The Kier molecular flexibility index (Phi) is 9.85. The number of Topliss-reactive ketones (excluding diaryl/α,β-unsaturated/α-hetero) is 1. The number of carbonyl (C=O) groups excluding carboxylic acids is 2. The van der Waals surface area contributed by atoms with E-state index in [-0.39, 0.29) is 30.6 Å². The molecular formula is C22H27ClN2O6. The number of benzene rings is 2. The maximum Gasteiger partial charge on any atom is 0.238 e. The summed E-state index contributed by atoms with van der Waals surface area (Å²) in [6.45, 7) is 1.55. The number of allylic oxidation sites excluding steroid dienone is 1. The zero-order valence-corrected chi connectivity index (χ0v) is 18.9. The van der Waals surface area contributed by atoms with Crippen LogP contribution in [0.15, 0.2) is 35.9 Å². The van der Waals surface area contributed by atoms with Crippen LogP contribution in [0.5, 0.6) is 23.0 Å². The van der Waals surface area contributed by atoms with Crippen LogP contribution in [0.25, 0.3) is 6.08 Å². The van der Waals surface area contributed by atoms with Gasteiger partial charge in [-0.15, -0.1) is 12.4 Å². The molecule has 0 fully saturated rings. The zero-order chi connectivity index (χ0) is 22.3. The highest BCUT2D eigenvalue weighted by Crippen LogP contribution is 2.38. The van der Waals surface area contributed by atoms with E-state index in [4.69, 9.17) is 24.7 Å². The van der Waals surface area contributed by atoms with Crippen LogP contribution in [0.4, 0.5) is 5.69 Å². The van der Waals surface area contributed by atoms with Gasteiger partial charge in [0, 0.05) is 5.56 Å². The molecule has 0 atom stereocenters. The molecule has 8 nitrogen and oxygen atoms in total. The van der Waals surface area contributed by atoms with Gasteiger partial charge in [-0.2, -0.15) is 0 Å². The molecule has 0 aromatic heterocycles. The summed E-state index contributed by atoms with van der Waals surface area (Å²) >= 11 is 0. The standard InChI is InChI=1S/C22H26N2O6.ClH/c1-13(8-14-6-7-17(27-2)16(9-14)24-20(25)12-23)21(26)15-10-18(28-3)22(30-5)19(11-15)29-4;/h6-11H,12,23H2,1-5H3,(H,24,25);1H. The minimum absolute atomic E-state index is 0. The zero-order valence-electron chi connectivity index (χ0n) is 18.1. The number of halogens is 1. The normalized spacial score (nSPS) is 10.6. The maximum atomic E-state index is 13.0. The summed E-state index contributed by atoms with van der Waals surface area (Å²) in [5.74, 6) is 1.13. The molecule has 0 unspecified atom stereocenters. The van der Waals surface area contributed by atoms with Crippen LogP contribution in [-0.4, -0.2) is 46.7 Å². The largest absolute Gasteiger partial charge is 0.495 e. The number of nitrogens with one attached hydrogen (secondary N) is 1. The molecule has 2 rings (SSSR count). The van der Waals surface area contributed by atoms with Crippen molar-refractivity contribution in [3.63, 3.8) is 0 Å². The summed E-state index contributed by atoms with van der Waals surface area (Å²) in [5, 5.41) is 2.68. The van der Waals surface area contributed by atoms with E-state index in [9.17, 15) is 9.59 Å². The molecule has 0 aliphatic carbocycles. The van der Waals surface area contributed by atoms with Crippen molar-refractivity contribution in [1.82, 2.24) is 0 Å². The van der Waals surface area contributed by atoms with E-state index in [1.165, 1.54) is 28.4 Å². The Morgan fingerprint density at radius 2 is 1.52 bits per heavy atom. The third kappa shape index (κ3) is 6.13. The summed E-state index contributed by atoms with van der Waals surface area (Å²) < 4.78 is 21.2. The second-order valence-corrected chi connectivity index (χ2v) is 6.28. The monoisotopic (exact) mass is 450 g/mol. The Hall–Kier alpha value is -3.23. The van der Waals surface area contributed by atoms with Gasteiger partial charge in [0.1, 0.15) is 5.75 Å². The Balaban J connectivity index is 0.00000480. The van der Waals surface area contributed by atoms with Crippen molar-refractivity contribution in [1.29, 1.82) is 0 Å². The van der Waals surface area contributed by atoms with Crippen LogP contribution < -0.4 is 30.0 Å². The molecule has 0 aliphatic heterocycles. The van der Waals surface area contributed by atoms with Crippen LogP contribution in [0.1, 0.15) is 22.8 Å². The first-order valence-electron chi connectivity index (χ1n) is 9.09. The highest BCUT2D eigenvalue weighted by atomic mass is 35.5. The average Bonchev–Trinajstić information content (AvgIpc) is 2.77. The Bertz CT molecular complexity index is 949. The molecule has 0 spiro atoms. The number of amides is 1. The fourth-order valence-corrected chi connectivity index (χ4v) is 2.87. The number of hydrogen-bond acceptors (Lipinski definition) is 7. The van der Waals surface area contributed by atoms with Crippen molar-refractivity contribution in [2.75, 3.05) is 40.3 Å². The molecule has 0 radical (unpaired) electrons. The van der Waals surface area contributed by atoms with E-state index in [2.05, 4.69) is 5.32 Å². The van der Waals surface area contributed by atoms with E-state index in [1.807, 2.05) is 0 Å². The lowest BCUT2D eigenvalue weighted by Crippen LogP contribution is -2.22. The van der Waals surface area contributed by atoms with Gasteiger partial charge >= 0.3 is 0 Å². The van der Waals surface area contributed by atoms with E-state index in [1.54, 1.807) is 43.3 Å². The Morgan fingerprint density at radius 3 is 2.00 bits per heavy atom. The van der Waals surface area contributed by atoms with Gasteiger partial charge in [0.2, 0.25) is 11.7 Å². The molecule has 1 amide bonds. The maximum absolute atomic E-state index is 13.0. The quantitative estimate of drug-likeness (QED) is 0.445. The number of rotatable bonds is 9. The lowest BCUT2D eigenvalue weighted by atomic mass is 10.0. The molecule has 31 heavy (non-hydrogen) atoms. The third-order valence-electron chi connectivity index (χ3n) is 4.35. The van der Waals surface area contributed by atoms with Crippen molar-refractivity contribution in [2.24, 2.45) is 5.73 Å². The lowest BCUT2D eigenvalue weighted by Gasteiger charge is -2.14. The SMILES string of the molecule is COc1ccc(C=C(C)C(=O)c2cc(OC)c(OC)c(OC)c2)cc1NC(=O)CN.Cl. The number of carbonyl (C=O) groups is 2. The summed E-state index contributed by atoms with van der Waals surface area (Å²) in [6.07, 6.45) is 1.71. The van der Waals surface area contributed by atoms with Crippen molar-refractivity contribution in [3.05, 3.63) is 47.0 Å². The van der Waals surface area contributed by atoms with Crippen molar-refractivity contribution in [3.8, 4) is 23.0 Å². The molecule has 0 bridgehead atoms. The second kappa shape index (κ2) is 11.8. The number of nitrogens with two attached hydrogens (primary N) is 1. The lowest BCUT2D eigenvalue weighted by molar-refractivity contribution is -0.114. The van der Waals surface area contributed by atoms with Gasteiger partial charge < -0.3 is 30.0 Å². The molecule has 3 N–H and O–H groups in total. The minimum atomic E-state index is -0.348. The average molecular weight is 451 g/mol. The topological polar surface area (TPSA) is 109 Å². The van der Waals surface area contributed by atoms with Gasteiger partial charge in [-0.3, -0.25) is 9.59 Å². The fraction of sp³-hybridized carbons (Fsp3) is 0.273. The summed E-state index contributed by atoms with van der Waals surface area (Å²) in [4.78, 5) is 24.6. The van der Waals surface area contributed by atoms with E-state index in [0.717, 1.165) is 0 Å². The van der Waals surface area contributed by atoms with Crippen molar-refractivity contribution in [2.45, 2.75) is 6.92 Å². The summed E-state index contributed by atoms with van der Waals surface area (Å²) in [6, 6.07) is 8.39. The van der Waals surface area contributed by atoms with Gasteiger partial charge in [0.05, 0.1) is 40.7 Å². The third-order valence-corrected chi connectivity index (χ3v) is 4.35. The molecular weight excluding hydrogens is 424 g/mol. The van der Waals surface area contributed by atoms with E-state index < -0.39 is 0 Å². The van der Waals surface area contributed by atoms with Crippen molar-refractivity contribution < 1.29 is 28.5 Å². The van der Waals surface area contributed by atoms with Crippen LogP contribution in [-0.2, 0) is 4.79 Å². The van der Waals surface area contributed by atoms with Crippen LogP contribution in [0.3, 0.4) is 0 Å². The van der Waals surface area contributed by atoms with Gasteiger partial charge in [-0.05, 0) is 48.4 Å². The van der Waals surface area contributed by atoms with E-state index >= 15 is 0 Å². The predicted molar refractivity (Wildman–Crippen MR) is 122 cm³/mol. The van der Waals surface area contributed by atoms with Gasteiger partial charge in [-0.1, -0.05) is 6.07 Å². The van der Waals surface area contributed by atoms with Gasteiger partial charge in [0.25, 0.3) is 0 Å². The first kappa shape index (κ1) is 25.8. The molecule has 0 saturated carbocycles. The van der Waals surface area contributed by atoms with Gasteiger partial charge in [0.15, 0.2) is 17.3 Å². The molecule has 2 aromatic carbocycles. The number of hydrogen-bond donors (Lipinski definition) is 2. The number of anilines is 1. The van der Waals surface area contributed by atoms with Gasteiger partial charge in [-0.25, -0.2) is 0 Å². The second-order valence-electron chi connectivity index (χ2n) is 6.28. The van der Waals surface area contributed by atoms with Crippen molar-refractivity contribution >= 4 is 35.9 Å². The highest BCUT2D eigenvalue weighted by molar-refractivity contribution is 6.11. The molecule has 168 valence electrons. The van der Waals surface area contributed by atoms with Crippen LogP contribution in [0.2, 0.25) is 0 Å². The number of methoxy groups -OCH3 is 4. The highest BCUT2D eigenvalue weighted by Gasteiger charge is 2.18. The fourth-order valence-electron chi connectivity index (χ4n) is 2.87. The summed E-state index contributed by atoms with van der Waals surface area (Å²) in [5.41, 5.74) is 7.41. The molecule has 2 aromatic rings. The van der Waals surface area contributed by atoms with Crippen LogP contribution in [0, 0.1) is 0 Å². The van der Waals surface area contributed by atoms with E-state index in [0.29, 0.717) is 45.4 Å².